The van der Waals surface area contributed by atoms with Crippen LogP contribution in [-0.4, -0.2) is 50.8 Å². The van der Waals surface area contributed by atoms with Gasteiger partial charge in [-0.2, -0.15) is 0 Å². The molecule has 2 aromatic rings. The van der Waals surface area contributed by atoms with Gasteiger partial charge in [0.2, 0.25) is 10.0 Å². The van der Waals surface area contributed by atoms with Crippen molar-refractivity contribution in [2.75, 3.05) is 21.2 Å². The van der Waals surface area contributed by atoms with E-state index in [2.05, 4.69) is 12.1 Å². The zero-order valence-corrected chi connectivity index (χ0v) is 17.8. The second-order valence-corrected chi connectivity index (χ2v) is 9.97. The van der Waals surface area contributed by atoms with Gasteiger partial charge >= 0.3 is 0 Å². The van der Waals surface area contributed by atoms with Crippen molar-refractivity contribution in [3.63, 3.8) is 0 Å². The van der Waals surface area contributed by atoms with E-state index in [0.29, 0.717) is 5.56 Å². The molecule has 1 atom stereocenters. The van der Waals surface area contributed by atoms with E-state index in [4.69, 9.17) is 4.74 Å². The first-order valence-corrected chi connectivity index (χ1v) is 11.3. The van der Waals surface area contributed by atoms with Gasteiger partial charge < -0.3 is 9.64 Å². The Morgan fingerprint density at radius 3 is 2.45 bits per heavy atom. The first kappa shape index (κ1) is 19.9. The van der Waals surface area contributed by atoms with E-state index in [1.165, 1.54) is 38.4 Å². The topological polar surface area (TPSA) is 66.9 Å². The molecule has 0 spiro atoms. The quantitative estimate of drug-likeness (QED) is 0.728. The minimum atomic E-state index is -3.74. The largest absolute Gasteiger partial charge is 0.495 e. The first-order valence-electron chi connectivity index (χ1n) is 9.85. The number of methoxy groups -OCH3 is 1. The van der Waals surface area contributed by atoms with Crippen molar-refractivity contribution < 1.29 is 17.9 Å². The molecule has 2 aliphatic rings. The number of hydrogen-bond donors (Lipinski definition) is 0. The Morgan fingerprint density at radius 2 is 1.79 bits per heavy atom. The third kappa shape index (κ3) is 3.53. The smallest absolute Gasteiger partial charge is 0.254 e. The van der Waals surface area contributed by atoms with Gasteiger partial charge in [-0.3, -0.25) is 4.79 Å². The number of rotatable bonds is 6. The van der Waals surface area contributed by atoms with Crippen molar-refractivity contribution in [2.24, 2.45) is 0 Å². The van der Waals surface area contributed by atoms with Crippen LogP contribution in [0.4, 0.5) is 0 Å². The van der Waals surface area contributed by atoms with Crippen molar-refractivity contribution in [3.8, 4) is 5.75 Å². The molecule has 4 rings (SSSR count). The van der Waals surface area contributed by atoms with Crippen molar-refractivity contribution >= 4 is 15.9 Å². The number of aryl methyl sites for hydroxylation is 1. The van der Waals surface area contributed by atoms with E-state index >= 15 is 0 Å². The number of benzene rings is 2. The highest BCUT2D eigenvalue weighted by Crippen LogP contribution is 2.43. The summed E-state index contributed by atoms with van der Waals surface area (Å²) in [5, 5.41) is 0. The van der Waals surface area contributed by atoms with E-state index in [-0.39, 0.29) is 28.6 Å². The maximum absolute atomic E-state index is 13.5. The summed E-state index contributed by atoms with van der Waals surface area (Å²) in [6.45, 7) is 0. The summed E-state index contributed by atoms with van der Waals surface area (Å²) in [5.41, 5.74) is 2.88. The zero-order valence-electron chi connectivity index (χ0n) is 17.0. The molecule has 0 saturated heterocycles. The molecule has 154 valence electrons. The van der Waals surface area contributed by atoms with Crippen LogP contribution >= 0.6 is 0 Å². The van der Waals surface area contributed by atoms with Gasteiger partial charge in [0.1, 0.15) is 10.6 Å². The number of nitrogens with zero attached hydrogens (tertiary/aromatic N) is 2. The number of carbonyl (C=O) groups excluding carboxylic acids is 1. The standard InChI is InChI=1S/C22H26N2O4S/c1-23(2)29(26,27)21-14-16(9-13-20(21)28-3)22(25)24(17-10-11-17)19-12-8-15-6-4-5-7-18(15)19/h4-7,9,13-14,17,19H,8,10-12H2,1-3H3. The van der Waals surface area contributed by atoms with Crippen molar-refractivity contribution in [2.45, 2.75) is 42.7 Å². The monoisotopic (exact) mass is 414 g/mol. The molecule has 0 heterocycles. The fourth-order valence-corrected chi connectivity index (χ4v) is 5.17. The number of carbonyl (C=O) groups is 1. The van der Waals surface area contributed by atoms with Gasteiger partial charge in [0.25, 0.3) is 5.91 Å². The summed E-state index contributed by atoms with van der Waals surface area (Å²) >= 11 is 0. The summed E-state index contributed by atoms with van der Waals surface area (Å²) in [4.78, 5) is 15.5. The Labute approximate surface area is 172 Å². The van der Waals surface area contributed by atoms with Crippen LogP contribution in [0.3, 0.4) is 0 Å². The Kier molecular flexibility index (Phi) is 5.12. The lowest BCUT2D eigenvalue weighted by Gasteiger charge is -2.30. The molecule has 0 aromatic heterocycles. The zero-order chi connectivity index (χ0) is 20.8. The highest BCUT2D eigenvalue weighted by Gasteiger charge is 2.41. The third-order valence-electron chi connectivity index (χ3n) is 5.78. The SMILES string of the molecule is COc1ccc(C(=O)N(C2CC2)C2CCc3ccccc32)cc1S(=O)(=O)N(C)C. The summed E-state index contributed by atoms with van der Waals surface area (Å²) in [5.74, 6) is 0.117. The molecule has 0 N–H and O–H groups in total. The number of sulfonamides is 1. The molecular formula is C22H26N2O4S. The van der Waals surface area contributed by atoms with Gasteiger partial charge in [-0.25, -0.2) is 12.7 Å². The Bertz CT molecular complexity index is 1040. The van der Waals surface area contributed by atoms with Crippen LogP contribution < -0.4 is 4.74 Å². The minimum Gasteiger partial charge on any atom is -0.495 e. The van der Waals surface area contributed by atoms with Crippen LogP contribution in [0.15, 0.2) is 47.4 Å². The third-order valence-corrected chi connectivity index (χ3v) is 7.62. The molecule has 0 aliphatic heterocycles. The van der Waals surface area contributed by atoms with Crippen LogP contribution in [-0.2, 0) is 16.4 Å². The molecule has 0 radical (unpaired) electrons. The summed E-state index contributed by atoms with van der Waals surface area (Å²) < 4.78 is 31.9. The van der Waals surface area contributed by atoms with Crippen LogP contribution in [0, 0.1) is 0 Å². The molecule has 1 fully saturated rings. The molecule has 0 bridgehead atoms. The Hall–Kier alpha value is -2.38. The van der Waals surface area contributed by atoms with Crippen molar-refractivity contribution in [3.05, 3.63) is 59.2 Å². The lowest BCUT2D eigenvalue weighted by Crippen LogP contribution is -2.36. The summed E-state index contributed by atoms with van der Waals surface area (Å²) in [6, 6.07) is 13.2. The normalized spacial score (nSPS) is 18.6. The van der Waals surface area contributed by atoms with E-state index < -0.39 is 10.0 Å². The van der Waals surface area contributed by atoms with Gasteiger partial charge in [-0.05, 0) is 55.0 Å². The van der Waals surface area contributed by atoms with Crippen LogP contribution in [0.1, 0.15) is 46.8 Å². The number of fused-ring (bicyclic) bond motifs is 1. The van der Waals surface area contributed by atoms with Crippen molar-refractivity contribution in [1.82, 2.24) is 9.21 Å². The predicted octanol–water partition coefficient (Wildman–Crippen LogP) is 3.24. The minimum absolute atomic E-state index is 0.0124. The van der Waals surface area contributed by atoms with E-state index in [1.54, 1.807) is 12.1 Å². The number of amides is 1. The van der Waals surface area contributed by atoms with Gasteiger partial charge in [-0.15, -0.1) is 0 Å². The fraction of sp³-hybridized carbons (Fsp3) is 0.409. The summed E-state index contributed by atoms with van der Waals surface area (Å²) in [7, 11) is 0.627. The molecule has 1 saturated carbocycles. The first-order chi connectivity index (χ1) is 13.8. The molecule has 2 aromatic carbocycles. The molecule has 1 amide bonds. The maximum atomic E-state index is 13.5. The Balaban J connectivity index is 1.73. The number of ether oxygens (including phenoxy) is 1. The highest BCUT2D eigenvalue weighted by atomic mass is 32.2. The van der Waals surface area contributed by atoms with Gasteiger partial charge in [0.05, 0.1) is 13.2 Å². The van der Waals surface area contributed by atoms with Gasteiger partial charge in [0, 0.05) is 25.7 Å². The fourth-order valence-electron chi connectivity index (χ4n) is 4.10. The van der Waals surface area contributed by atoms with Gasteiger partial charge in [-0.1, -0.05) is 24.3 Å². The van der Waals surface area contributed by atoms with Crippen molar-refractivity contribution in [1.29, 1.82) is 0 Å². The average molecular weight is 415 g/mol. The van der Waals surface area contributed by atoms with Gasteiger partial charge in [0.15, 0.2) is 0 Å². The van der Waals surface area contributed by atoms with Crippen LogP contribution in [0.5, 0.6) is 5.75 Å². The van der Waals surface area contributed by atoms with Crippen LogP contribution in [0.2, 0.25) is 0 Å². The van der Waals surface area contributed by atoms with Crippen LogP contribution in [0.25, 0.3) is 0 Å². The average Bonchev–Trinajstić information content (AvgIpc) is 3.47. The number of hydrogen-bond acceptors (Lipinski definition) is 4. The molecular weight excluding hydrogens is 388 g/mol. The Morgan fingerprint density at radius 1 is 1.07 bits per heavy atom. The maximum Gasteiger partial charge on any atom is 0.254 e. The highest BCUT2D eigenvalue weighted by molar-refractivity contribution is 7.89. The second-order valence-electron chi connectivity index (χ2n) is 7.85. The lowest BCUT2D eigenvalue weighted by atomic mass is 10.1. The predicted molar refractivity (Wildman–Crippen MR) is 111 cm³/mol. The van der Waals surface area contributed by atoms with E-state index in [9.17, 15) is 13.2 Å². The second kappa shape index (κ2) is 7.46. The lowest BCUT2D eigenvalue weighted by molar-refractivity contribution is 0.0658. The molecule has 7 heteroatoms. The van der Waals surface area contributed by atoms with E-state index in [0.717, 1.165) is 30.0 Å². The molecule has 29 heavy (non-hydrogen) atoms. The van der Waals surface area contributed by atoms with E-state index in [1.807, 2.05) is 17.0 Å². The summed E-state index contributed by atoms with van der Waals surface area (Å²) in [6.07, 6.45) is 3.84. The molecule has 6 nitrogen and oxygen atoms in total. The molecule has 1 unspecified atom stereocenters. The molecule has 2 aliphatic carbocycles.